The monoisotopic (exact) mass is 401 g/mol. The molecule has 3 rings (SSSR count). The van der Waals surface area contributed by atoms with Gasteiger partial charge in [0.25, 0.3) is 5.91 Å². The largest absolute Gasteiger partial charge is 0.481 e. The molecule has 0 heterocycles. The van der Waals surface area contributed by atoms with E-state index in [1.54, 1.807) is 6.92 Å². The lowest BCUT2D eigenvalue weighted by Crippen LogP contribution is -2.39. The summed E-state index contributed by atoms with van der Waals surface area (Å²) in [7, 11) is 0. The van der Waals surface area contributed by atoms with Crippen molar-refractivity contribution in [3.63, 3.8) is 0 Å². The number of rotatable bonds is 6. The molecule has 1 N–H and O–H groups in total. The van der Waals surface area contributed by atoms with Gasteiger partial charge in [0.2, 0.25) is 0 Å². The number of nitrogens with one attached hydrogen (secondary N) is 1. The van der Waals surface area contributed by atoms with Crippen LogP contribution in [-0.4, -0.2) is 12.0 Å². The van der Waals surface area contributed by atoms with Crippen molar-refractivity contribution in [2.45, 2.75) is 52.2 Å². The maximum Gasteiger partial charge on any atom is 0.261 e. The quantitative estimate of drug-likeness (QED) is 0.553. The average molecular weight is 402 g/mol. The molecule has 3 heteroatoms. The molecule has 0 aliphatic rings. The van der Waals surface area contributed by atoms with Gasteiger partial charge < -0.3 is 10.1 Å². The topological polar surface area (TPSA) is 38.3 Å². The normalized spacial score (nSPS) is 13.4. The molecule has 0 spiro atoms. The molecule has 3 aromatic rings. The number of aryl methyl sites for hydroxylation is 1. The number of hydrogen-bond acceptors (Lipinski definition) is 2. The van der Waals surface area contributed by atoms with Gasteiger partial charge in [0, 0.05) is 0 Å². The zero-order chi connectivity index (χ0) is 21.7. The molecule has 0 saturated carbocycles. The standard InChI is InChI=1S/C27H31NO2/c1-19-11-9-10-14-24(19)25(21-12-7-6-8-13-21)28-26(29)20(2)30-23-17-15-22(16-18-23)27(3,4)5/h6-18,20,25H,1-5H3,(H,28,29)/t20-,25-/m0/s1. The lowest BCUT2D eigenvalue weighted by molar-refractivity contribution is -0.127. The first kappa shape index (κ1) is 21.6. The van der Waals surface area contributed by atoms with Crippen LogP contribution < -0.4 is 10.1 Å². The van der Waals surface area contributed by atoms with Crippen molar-refractivity contribution < 1.29 is 9.53 Å². The zero-order valence-corrected chi connectivity index (χ0v) is 18.5. The minimum atomic E-state index is -0.610. The summed E-state index contributed by atoms with van der Waals surface area (Å²) in [6.07, 6.45) is -0.610. The minimum absolute atomic E-state index is 0.0813. The van der Waals surface area contributed by atoms with Crippen molar-refractivity contribution >= 4 is 5.91 Å². The molecule has 156 valence electrons. The van der Waals surface area contributed by atoms with Crippen LogP contribution in [0, 0.1) is 6.92 Å². The van der Waals surface area contributed by atoms with E-state index in [0.717, 1.165) is 16.7 Å². The second kappa shape index (κ2) is 9.17. The Labute approximate surface area is 180 Å². The lowest BCUT2D eigenvalue weighted by Gasteiger charge is -2.24. The number of hydrogen-bond donors (Lipinski definition) is 1. The van der Waals surface area contributed by atoms with Gasteiger partial charge in [0.15, 0.2) is 6.10 Å². The van der Waals surface area contributed by atoms with Crippen molar-refractivity contribution in [1.82, 2.24) is 5.32 Å². The fraction of sp³-hybridized carbons (Fsp3) is 0.296. The van der Waals surface area contributed by atoms with Gasteiger partial charge >= 0.3 is 0 Å². The highest BCUT2D eigenvalue weighted by atomic mass is 16.5. The van der Waals surface area contributed by atoms with E-state index in [2.05, 4.69) is 57.3 Å². The third-order valence-corrected chi connectivity index (χ3v) is 5.32. The maximum absolute atomic E-state index is 13.0. The van der Waals surface area contributed by atoms with Gasteiger partial charge in [-0.2, -0.15) is 0 Å². The van der Waals surface area contributed by atoms with E-state index in [4.69, 9.17) is 4.74 Å². The van der Waals surface area contributed by atoms with Gasteiger partial charge in [-0.15, -0.1) is 0 Å². The minimum Gasteiger partial charge on any atom is -0.481 e. The first-order valence-corrected chi connectivity index (χ1v) is 10.4. The summed E-state index contributed by atoms with van der Waals surface area (Å²) in [4.78, 5) is 13.0. The summed E-state index contributed by atoms with van der Waals surface area (Å²) in [6.45, 7) is 10.4. The second-order valence-electron chi connectivity index (χ2n) is 8.74. The number of ether oxygens (including phenoxy) is 1. The van der Waals surface area contributed by atoms with Crippen molar-refractivity contribution in [3.05, 3.63) is 101 Å². The van der Waals surface area contributed by atoms with E-state index in [9.17, 15) is 4.79 Å². The predicted octanol–water partition coefficient (Wildman–Crippen LogP) is 5.97. The first-order chi connectivity index (χ1) is 14.3. The van der Waals surface area contributed by atoms with Gasteiger partial charge in [0.05, 0.1) is 6.04 Å². The Kier molecular flexibility index (Phi) is 6.61. The molecule has 2 atom stereocenters. The van der Waals surface area contributed by atoms with E-state index < -0.39 is 6.10 Å². The second-order valence-corrected chi connectivity index (χ2v) is 8.74. The third kappa shape index (κ3) is 5.29. The van der Waals surface area contributed by atoms with Crippen molar-refractivity contribution in [1.29, 1.82) is 0 Å². The Morgan fingerprint density at radius 3 is 2.07 bits per heavy atom. The summed E-state index contributed by atoms with van der Waals surface area (Å²) in [5.74, 6) is 0.546. The Balaban J connectivity index is 1.76. The van der Waals surface area contributed by atoms with E-state index >= 15 is 0 Å². The molecule has 0 unspecified atom stereocenters. The number of carbonyl (C=O) groups excluding carboxylic acids is 1. The van der Waals surface area contributed by atoms with Gasteiger partial charge in [-0.3, -0.25) is 4.79 Å². The van der Waals surface area contributed by atoms with Crippen LogP contribution in [0.4, 0.5) is 0 Å². The van der Waals surface area contributed by atoms with Crippen LogP contribution in [0.25, 0.3) is 0 Å². The number of benzene rings is 3. The van der Waals surface area contributed by atoms with E-state index in [1.807, 2.05) is 54.6 Å². The Morgan fingerprint density at radius 2 is 1.47 bits per heavy atom. The fourth-order valence-corrected chi connectivity index (χ4v) is 3.45. The molecule has 30 heavy (non-hydrogen) atoms. The van der Waals surface area contributed by atoms with Crippen molar-refractivity contribution in [2.24, 2.45) is 0 Å². The zero-order valence-electron chi connectivity index (χ0n) is 18.5. The highest BCUT2D eigenvalue weighted by molar-refractivity contribution is 5.81. The van der Waals surface area contributed by atoms with Crippen LogP contribution in [-0.2, 0) is 10.2 Å². The first-order valence-electron chi connectivity index (χ1n) is 10.4. The Bertz CT molecular complexity index is 972. The molecule has 0 saturated heterocycles. The van der Waals surface area contributed by atoms with Crippen LogP contribution >= 0.6 is 0 Å². The van der Waals surface area contributed by atoms with Gasteiger partial charge in [-0.25, -0.2) is 0 Å². The van der Waals surface area contributed by atoms with E-state index in [-0.39, 0.29) is 17.4 Å². The summed E-state index contributed by atoms with van der Waals surface area (Å²) in [5, 5.41) is 3.18. The molecule has 0 aliphatic carbocycles. The molecule has 0 aliphatic heterocycles. The maximum atomic E-state index is 13.0. The van der Waals surface area contributed by atoms with Crippen LogP contribution in [0.5, 0.6) is 5.75 Å². The number of amides is 1. The van der Waals surface area contributed by atoms with E-state index in [1.165, 1.54) is 5.56 Å². The van der Waals surface area contributed by atoms with Crippen LogP contribution in [0.1, 0.15) is 56.0 Å². The summed E-state index contributed by atoms with van der Waals surface area (Å²) >= 11 is 0. The van der Waals surface area contributed by atoms with Crippen LogP contribution in [0.15, 0.2) is 78.9 Å². The summed E-state index contributed by atoms with van der Waals surface area (Å²) < 4.78 is 5.93. The molecular formula is C27H31NO2. The highest BCUT2D eigenvalue weighted by Gasteiger charge is 2.23. The van der Waals surface area contributed by atoms with E-state index in [0.29, 0.717) is 5.75 Å². The molecule has 0 fully saturated rings. The molecule has 0 radical (unpaired) electrons. The number of carbonyl (C=O) groups is 1. The molecule has 1 amide bonds. The SMILES string of the molecule is Cc1ccccc1[C@@H](NC(=O)[C@H](C)Oc1ccc(C(C)(C)C)cc1)c1ccccc1. The van der Waals surface area contributed by atoms with Gasteiger partial charge in [-0.1, -0.05) is 87.5 Å². The molecule has 3 nitrogen and oxygen atoms in total. The predicted molar refractivity (Wildman–Crippen MR) is 123 cm³/mol. The van der Waals surface area contributed by atoms with Crippen molar-refractivity contribution in [3.8, 4) is 5.75 Å². The van der Waals surface area contributed by atoms with Gasteiger partial charge in [-0.05, 0) is 53.6 Å². The molecular weight excluding hydrogens is 370 g/mol. The van der Waals surface area contributed by atoms with Crippen LogP contribution in [0.3, 0.4) is 0 Å². The average Bonchev–Trinajstić information content (AvgIpc) is 2.73. The summed E-state index contributed by atoms with van der Waals surface area (Å²) in [6, 6.07) is 25.9. The highest BCUT2D eigenvalue weighted by Crippen LogP contribution is 2.26. The van der Waals surface area contributed by atoms with Crippen LogP contribution in [0.2, 0.25) is 0 Å². The molecule has 0 bridgehead atoms. The Hall–Kier alpha value is -3.07. The van der Waals surface area contributed by atoms with Crippen molar-refractivity contribution in [2.75, 3.05) is 0 Å². The molecule has 3 aromatic carbocycles. The smallest absolute Gasteiger partial charge is 0.261 e. The molecule has 0 aromatic heterocycles. The van der Waals surface area contributed by atoms with Gasteiger partial charge in [0.1, 0.15) is 5.75 Å². The lowest BCUT2D eigenvalue weighted by atomic mass is 9.87. The summed E-state index contributed by atoms with van der Waals surface area (Å²) in [5.41, 5.74) is 4.58. The third-order valence-electron chi connectivity index (χ3n) is 5.32. The Morgan fingerprint density at radius 1 is 0.867 bits per heavy atom. The fourth-order valence-electron chi connectivity index (χ4n) is 3.45.